The molecule has 0 aromatic heterocycles. The highest BCUT2D eigenvalue weighted by Crippen LogP contribution is 2.40. The number of hydrogen-bond donors (Lipinski definition) is 1. The minimum absolute atomic E-state index is 0.0979. The van der Waals surface area contributed by atoms with Crippen molar-refractivity contribution in [1.29, 1.82) is 0 Å². The van der Waals surface area contributed by atoms with Crippen LogP contribution < -0.4 is 9.47 Å². The Bertz CT molecular complexity index is 1440. The van der Waals surface area contributed by atoms with Gasteiger partial charge in [0.1, 0.15) is 12.4 Å². The lowest BCUT2D eigenvalue weighted by Crippen LogP contribution is -2.28. The summed E-state index contributed by atoms with van der Waals surface area (Å²) in [7, 11) is 0. The van der Waals surface area contributed by atoms with Crippen LogP contribution in [0.1, 0.15) is 35.3 Å². The molecule has 0 radical (unpaired) electrons. The number of rotatable bonds is 9. The number of carbonyl (C=O) groups is 2. The fourth-order valence-electron chi connectivity index (χ4n) is 3.70. The van der Waals surface area contributed by atoms with Crippen molar-refractivity contribution < 1.29 is 28.6 Å². The maximum Gasteiger partial charge on any atom is 0.335 e. The van der Waals surface area contributed by atoms with Crippen molar-refractivity contribution in [3.05, 3.63) is 93.1 Å². The fraction of sp³-hybridized carbons (Fsp3) is 0.179. The number of ether oxygens (including phenoxy) is 2. The molecule has 1 saturated heterocycles. The van der Waals surface area contributed by atoms with Gasteiger partial charge in [0.05, 0.1) is 27.8 Å². The van der Waals surface area contributed by atoms with Gasteiger partial charge < -0.3 is 14.6 Å². The predicted molar refractivity (Wildman–Crippen MR) is 147 cm³/mol. The van der Waals surface area contributed by atoms with E-state index in [0.717, 1.165) is 0 Å². The summed E-state index contributed by atoms with van der Waals surface area (Å²) in [6.45, 7) is 4.50. The van der Waals surface area contributed by atoms with Crippen LogP contribution in [-0.2, 0) is 11.4 Å². The van der Waals surface area contributed by atoms with Crippen LogP contribution in [0.3, 0.4) is 0 Å². The number of carbonyl (C=O) groups excluding carboxylic acids is 1. The summed E-state index contributed by atoms with van der Waals surface area (Å²) in [6.07, 6.45) is 1.69. The zero-order chi connectivity index (χ0) is 27.2. The first-order valence-corrected chi connectivity index (χ1v) is 13.0. The van der Waals surface area contributed by atoms with Crippen molar-refractivity contribution in [2.75, 3.05) is 13.2 Å². The van der Waals surface area contributed by atoms with E-state index in [2.05, 4.69) is 4.99 Å². The van der Waals surface area contributed by atoms with E-state index in [0.29, 0.717) is 51.5 Å². The van der Waals surface area contributed by atoms with E-state index in [9.17, 15) is 19.1 Å². The summed E-state index contributed by atoms with van der Waals surface area (Å²) < 4.78 is 25.1. The van der Waals surface area contributed by atoms with Crippen molar-refractivity contribution in [2.45, 2.75) is 20.5 Å². The molecule has 1 aliphatic rings. The molecule has 1 fully saturated rings. The second-order valence-corrected chi connectivity index (χ2v) is 9.51. The number of aliphatic imine (C=N–C) groups is 1. The minimum Gasteiger partial charge on any atom is -0.490 e. The Labute approximate surface area is 228 Å². The highest BCUT2D eigenvalue weighted by molar-refractivity contribution is 8.18. The van der Waals surface area contributed by atoms with Gasteiger partial charge in [0.25, 0.3) is 5.91 Å². The third-order valence-corrected chi connectivity index (χ3v) is 6.71. The molecule has 38 heavy (non-hydrogen) atoms. The van der Waals surface area contributed by atoms with Gasteiger partial charge in [-0.25, -0.2) is 14.2 Å². The van der Waals surface area contributed by atoms with E-state index in [1.807, 2.05) is 13.8 Å². The van der Waals surface area contributed by atoms with E-state index < -0.39 is 5.97 Å². The molecule has 0 aliphatic carbocycles. The number of carboxylic acids is 1. The first-order chi connectivity index (χ1) is 18.3. The first kappa shape index (κ1) is 27.2. The molecule has 0 unspecified atom stereocenters. The molecule has 7 nitrogen and oxygen atoms in total. The third kappa shape index (κ3) is 6.35. The minimum atomic E-state index is -1.06. The van der Waals surface area contributed by atoms with Crippen molar-refractivity contribution >= 4 is 52.2 Å². The van der Waals surface area contributed by atoms with Crippen LogP contribution >= 0.6 is 23.4 Å². The normalized spacial score (nSPS) is 15.4. The number of benzene rings is 3. The molecule has 0 bridgehead atoms. The highest BCUT2D eigenvalue weighted by Gasteiger charge is 2.32. The van der Waals surface area contributed by atoms with Gasteiger partial charge in [-0.3, -0.25) is 9.69 Å². The zero-order valence-corrected chi connectivity index (χ0v) is 22.2. The standard InChI is InChI=1S/C28H24ClFN2O5S/c1-3-32-26(33)24(38-28(32)31-21-10-6-8-19(15-21)27(34)35)14-18-12-22(29)25(23(13-18)36-4-2)37-16-17-7-5-9-20(30)11-17/h5-15H,3-4,16H2,1-2H3,(H,34,35). The molecule has 0 saturated carbocycles. The van der Waals surface area contributed by atoms with Crippen LogP contribution in [0.5, 0.6) is 11.5 Å². The van der Waals surface area contributed by atoms with Crippen LogP contribution in [0.2, 0.25) is 5.02 Å². The number of nitrogens with zero attached hydrogens (tertiary/aromatic N) is 2. The largest absolute Gasteiger partial charge is 0.490 e. The molecular weight excluding hydrogens is 531 g/mol. The molecule has 196 valence electrons. The molecule has 3 aromatic rings. The molecule has 0 spiro atoms. The third-order valence-electron chi connectivity index (χ3n) is 5.42. The van der Waals surface area contributed by atoms with Crippen molar-refractivity contribution in [3.63, 3.8) is 0 Å². The monoisotopic (exact) mass is 554 g/mol. The summed E-state index contributed by atoms with van der Waals surface area (Å²) in [5.41, 5.74) is 1.81. The summed E-state index contributed by atoms with van der Waals surface area (Å²) in [5, 5.41) is 9.97. The van der Waals surface area contributed by atoms with Gasteiger partial charge >= 0.3 is 5.97 Å². The average Bonchev–Trinajstić information content (AvgIpc) is 3.17. The summed E-state index contributed by atoms with van der Waals surface area (Å²) in [5.74, 6) is -0.931. The molecule has 4 rings (SSSR count). The molecular formula is C28H24ClFN2O5S. The van der Waals surface area contributed by atoms with Crippen LogP contribution in [-0.4, -0.2) is 40.2 Å². The number of aromatic carboxylic acids is 1. The van der Waals surface area contributed by atoms with E-state index >= 15 is 0 Å². The first-order valence-electron chi connectivity index (χ1n) is 11.8. The topological polar surface area (TPSA) is 88.4 Å². The van der Waals surface area contributed by atoms with E-state index in [1.165, 1.54) is 40.9 Å². The Morgan fingerprint density at radius 3 is 2.63 bits per heavy atom. The van der Waals surface area contributed by atoms with E-state index in [4.69, 9.17) is 21.1 Å². The summed E-state index contributed by atoms with van der Waals surface area (Å²) in [6, 6.07) is 15.7. The Morgan fingerprint density at radius 2 is 1.92 bits per heavy atom. The Balaban J connectivity index is 1.62. The smallest absolute Gasteiger partial charge is 0.335 e. The number of thioether (sulfide) groups is 1. The van der Waals surface area contributed by atoms with Gasteiger partial charge in [0.15, 0.2) is 16.7 Å². The number of amides is 1. The predicted octanol–water partition coefficient (Wildman–Crippen LogP) is 6.78. The average molecular weight is 555 g/mol. The van der Waals surface area contributed by atoms with Gasteiger partial charge in [-0.1, -0.05) is 29.8 Å². The van der Waals surface area contributed by atoms with E-state index in [-0.39, 0.29) is 28.9 Å². The van der Waals surface area contributed by atoms with Crippen LogP contribution in [0.4, 0.5) is 10.1 Å². The zero-order valence-electron chi connectivity index (χ0n) is 20.6. The summed E-state index contributed by atoms with van der Waals surface area (Å²) in [4.78, 5) is 30.9. The van der Waals surface area contributed by atoms with Crippen LogP contribution in [0.25, 0.3) is 6.08 Å². The molecule has 3 aromatic carbocycles. The maximum atomic E-state index is 13.5. The molecule has 0 atom stereocenters. The number of amidine groups is 1. The van der Waals surface area contributed by atoms with Crippen molar-refractivity contribution in [3.8, 4) is 11.5 Å². The van der Waals surface area contributed by atoms with E-state index in [1.54, 1.807) is 42.5 Å². The maximum absolute atomic E-state index is 13.5. The molecule has 1 aliphatic heterocycles. The highest BCUT2D eigenvalue weighted by atomic mass is 35.5. The Morgan fingerprint density at radius 1 is 1.13 bits per heavy atom. The lowest BCUT2D eigenvalue weighted by atomic mass is 10.1. The van der Waals surface area contributed by atoms with Gasteiger partial charge in [-0.2, -0.15) is 0 Å². The van der Waals surface area contributed by atoms with Gasteiger partial charge in [-0.05, 0) is 85.3 Å². The molecule has 1 amide bonds. The Hall–Kier alpha value is -3.82. The lowest BCUT2D eigenvalue weighted by molar-refractivity contribution is -0.122. The number of hydrogen-bond acceptors (Lipinski definition) is 6. The SMILES string of the molecule is CCOc1cc(C=C2SC(=Nc3cccc(C(=O)O)c3)N(CC)C2=O)cc(Cl)c1OCc1cccc(F)c1. The second kappa shape index (κ2) is 12.1. The Kier molecular flexibility index (Phi) is 8.70. The molecule has 10 heteroatoms. The van der Waals surface area contributed by atoms with Crippen molar-refractivity contribution in [2.24, 2.45) is 4.99 Å². The van der Waals surface area contributed by atoms with Crippen LogP contribution in [0, 0.1) is 5.82 Å². The quantitative estimate of drug-likeness (QED) is 0.293. The number of carboxylic acid groups (broad SMARTS) is 1. The van der Waals surface area contributed by atoms with Gasteiger partial charge in [-0.15, -0.1) is 0 Å². The number of likely N-dealkylation sites (N-methyl/N-ethyl adjacent to an activating group) is 1. The fourth-order valence-corrected chi connectivity index (χ4v) is 5.03. The van der Waals surface area contributed by atoms with Crippen LogP contribution in [0.15, 0.2) is 70.6 Å². The van der Waals surface area contributed by atoms with Crippen molar-refractivity contribution in [1.82, 2.24) is 4.90 Å². The summed E-state index contributed by atoms with van der Waals surface area (Å²) >= 11 is 7.72. The van der Waals surface area contributed by atoms with Gasteiger partial charge in [0, 0.05) is 6.54 Å². The molecule has 1 N–H and O–H groups in total. The lowest BCUT2D eigenvalue weighted by Gasteiger charge is -2.15. The molecule has 1 heterocycles. The number of halogens is 2. The second-order valence-electron chi connectivity index (χ2n) is 8.09. The van der Waals surface area contributed by atoms with Gasteiger partial charge in [0.2, 0.25) is 0 Å².